The predicted octanol–water partition coefficient (Wildman–Crippen LogP) is 2.52. The largest absolute Gasteiger partial charge is 0.417 e. The Morgan fingerprint density at radius 3 is 2.50 bits per heavy atom. The van der Waals surface area contributed by atoms with E-state index in [1.165, 1.54) is 18.2 Å². The Balaban J connectivity index is 1.50. The Morgan fingerprint density at radius 2 is 1.77 bits per heavy atom. The fraction of sp³-hybridized carbons (Fsp3) is 0.105. The molecule has 154 valence electrons. The van der Waals surface area contributed by atoms with E-state index in [1.807, 2.05) is 25.1 Å². The predicted molar refractivity (Wildman–Crippen MR) is 114 cm³/mol. The molecule has 0 aliphatic rings. The van der Waals surface area contributed by atoms with Crippen LogP contribution in [0.1, 0.15) is 0 Å². The van der Waals surface area contributed by atoms with E-state index >= 15 is 0 Å². The summed E-state index contributed by atoms with van der Waals surface area (Å²) >= 11 is 0. The number of sulfonamides is 1. The van der Waals surface area contributed by atoms with Crippen molar-refractivity contribution in [2.75, 3.05) is 29.0 Å². The molecule has 2 aromatic carbocycles. The highest BCUT2D eigenvalue weighted by Gasteiger charge is 2.16. The van der Waals surface area contributed by atoms with Gasteiger partial charge in [-0.15, -0.1) is 5.10 Å². The molecule has 0 saturated carbocycles. The van der Waals surface area contributed by atoms with Crippen molar-refractivity contribution in [2.45, 2.75) is 4.90 Å². The molecule has 0 amide bonds. The molecule has 2 heterocycles. The third-order valence-electron chi connectivity index (χ3n) is 4.27. The van der Waals surface area contributed by atoms with E-state index < -0.39 is 15.8 Å². The highest BCUT2D eigenvalue weighted by Crippen LogP contribution is 2.23. The molecule has 0 unspecified atom stereocenters. The normalized spacial score (nSPS) is 11.4. The molecule has 0 saturated heterocycles. The van der Waals surface area contributed by atoms with Gasteiger partial charge in [-0.25, -0.2) is 13.2 Å². The zero-order valence-corrected chi connectivity index (χ0v) is 16.9. The average molecular weight is 426 g/mol. The van der Waals surface area contributed by atoms with Crippen LogP contribution in [0.5, 0.6) is 0 Å². The number of anilines is 4. The Bertz CT molecular complexity index is 1360. The summed E-state index contributed by atoms with van der Waals surface area (Å²) in [6, 6.07) is 12.7. The Morgan fingerprint density at radius 1 is 1.03 bits per heavy atom. The highest BCUT2D eigenvalue weighted by molar-refractivity contribution is 7.92. The number of nitrogens with one attached hydrogen (secondary N) is 3. The molecule has 30 heavy (non-hydrogen) atoms. The molecule has 0 aliphatic heterocycles. The SMILES string of the molecule is CN(C)c1cnnc(Nc2ccc(NS(=O)(=O)c3ccc4oc(=O)[nH]c4c3)cc2)c1. The minimum Gasteiger partial charge on any atom is -0.408 e. The van der Waals surface area contributed by atoms with E-state index in [4.69, 9.17) is 4.42 Å². The first-order valence-corrected chi connectivity index (χ1v) is 10.3. The number of rotatable bonds is 6. The maximum absolute atomic E-state index is 12.7. The van der Waals surface area contributed by atoms with Gasteiger partial charge in [-0.2, -0.15) is 5.10 Å². The van der Waals surface area contributed by atoms with Crippen LogP contribution in [0, 0.1) is 0 Å². The van der Waals surface area contributed by atoms with Gasteiger partial charge < -0.3 is 14.6 Å². The van der Waals surface area contributed by atoms with Crippen molar-refractivity contribution >= 4 is 44.0 Å². The molecular formula is C19H18N6O4S. The summed E-state index contributed by atoms with van der Waals surface area (Å²) in [7, 11) is -0.0316. The second-order valence-corrected chi connectivity index (χ2v) is 8.36. The topological polar surface area (TPSA) is 133 Å². The minimum atomic E-state index is -3.84. The molecule has 0 radical (unpaired) electrons. The van der Waals surface area contributed by atoms with Gasteiger partial charge in [-0.1, -0.05) is 0 Å². The first-order chi connectivity index (χ1) is 14.3. The number of oxazole rings is 1. The van der Waals surface area contributed by atoms with Gasteiger partial charge in [0.15, 0.2) is 11.4 Å². The minimum absolute atomic E-state index is 0.00465. The summed E-state index contributed by atoms with van der Waals surface area (Å²) in [5.74, 6) is -0.0756. The average Bonchev–Trinajstić information content (AvgIpc) is 3.08. The molecule has 0 bridgehead atoms. The molecule has 11 heteroatoms. The number of aromatic nitrogens is 3. The van der Waals surface area contributed by atoms with Crippen molar-refractivity contribution in [1.29, 1.82) is 0 Å². The molecule has 4 rings (SSSR count). The van der Waals surface area contributed by atoms with Crippen LogP contribution >= 0.6 is 0 Å². The van der Waals surface area contributed by atoms with Gasteiger partial charge in [0.2, 0.25) is 0 Å². The summed E-state index contributed by atoms with van der Waals surface area (Å²) in [6.45, 7) is 0. The van der Waals surface area contributed by atoms with Crippen LogP contribution < -0.4 is 20.7 Å². The highest BCUT2D eigenvalue weighted by atomic mass is 32.2. The zero-order valence-electron chi connectivity index (χ0n) is 16.1. The number of hydrogen-bond donors (Lipinski definition) is 3. The van der Waals surface area contributed by atoms with Crippen LogP contribution in [0.15, 0.2) is 68.8 Å². The Kier molecular flexibility index (Phi) is 4.88. The lowest BCUT2D eigenvalue weighted by molar-refractivity contribution is 0.555. The summed E-state index contributed by atoms with van der Waals surface area (Å²) in [5, 5.41) is 11.1. The molecule has 10 nitrogen and oxygen atoms in total. The van der Waals surface area contributed by atoms with E-state index in [-0.39, 0.29) is 10.5 Å². The lowest BCUT2D eigenvalue weighted by Crippen LogP contribution is -2.13. The molecule has 0 aliphatic carbocycles. The summed E-state index contributed by atoms with van der Waals surface area (Å²) < 4.78 is 32.7. The molecule has 2 aromatic heterocycles. The van der Waals surface area contributed by atoms with Crippen molar-refractivity contribution in [1.82, 2.24) is 15.2 Å². The Labute approximate surface area is 171 Å². The summed E-state index contributed by atoms with van der Waals surface area (Å²) in [4.78, 5) is 15.6. The van der Waals surface area contributed by atoms with Crippen molar-refractivity contribution in [3.05, 3.63) is 65.3 Å². The number of fused-ring (bicyclic) bond motifs is 1. The smallest absolute Gasteiger partial charge is 0.408 e. The monoisotopic (exact) mass is 426 g/mol. The van der Waals surface area contributed by atoms with Crippen LogP contribution in [0.25, 0.3) is 11.1 Å². The number of benzene rings is 2. The van der Waals surface area contributed by atoms with Crippen LogP contribution in [0.3, 0.4) is 0 Å². The molecule has 0 fully saturated rings. The van der Waals surface area contributed by atoms with E-state index in [9.17, 15) is 13.2 Å². The van der Waals surface area contributed by atoms with Crippen LogP contribution in [-0.2, 0) is 10.0 Å². The van der Waals surface area contributed by atoms with E-state index in [1.54, 1.807) is 30.5 Å². The van der Waals surface area contributed by atoms with Gasteiger partial charge in [0.1, 0.15) is 0 Å². The second-order valence-electron chi connectivity index (χ2n) is 6.67. The lowest BCUT2D eigenvalue weighted by Gasteiger charge is -2.13. The van der Waals surface area contributed by atoms with Gasteiger partial charge in [0.05, 0.1) is 22.3 Å². The standard InChI is InChI=1S/C19H18N6O4S/c1-25(2)14-9-18(23-20-11-14)21-12-3-5-13(6-4-12)24-30(27,28)15-7-8-17-16(10-15)22-19(26)29-17/h3-11,24H,1-2H3,(H,21,23)(H,22,26). The molecule has 0 spiro atoms. The molecule has 3 N–H and O–H groups in total. The van der Waals surface area contributed by atoms with Crippen molar-refractivity contribution in [3.63, 3.8) is 0 Å². The second kappa shape index (κ2) is 7.52. The van der Waals surface area contributed by atoms with Crippen molar-refractivity contribution in [2.24, 2.45) is 0 Å². The summed E-state index contributed by atoms with van der Waals surface area (Å²) in [6.07, 6.45) is 1.65. The van der Waals surface area contributed by atoms with Gasteiger partial charge in [-0.3, -0.25) is 9.71 Å². The van der Waals surface area contributed by atoms with E-state index in [0.29, 0.717) is 17.0 Å². The maximum Gasteiger partial charge on any atom is 0.417 e. The van der Waals surface area contributed by atoms with E-state index in [2.05, 4.69) is 25.2 Å². The number of nitrogens with zero attached hydrogens (tertiary/aromatic N) is 3. The van der Waals surface area contributed by atoms with Gasteiger partial charge in [0.25, 0.3) is 10.0 Å². The van der Waals surface area contributed by atoms with Crippen molar-refractivity contribution in [3.8, 4) is 0 Å². The molecular weight excluding hydrogens is 408 g/mol. The zero-order chi connectivity index (χ0) is 21.3. The van der Waals surface area contributed by atoms with Crippen LogP contribution in [-0.4, -0.2) is 37.7 Å². The quantitative estimate of drug-likeness (QED) is 0.428. The first kappa shape index (κ1) is 19.5. The molecule has 0 atom stereocenters. The third kappa shape index (κ3) is 4.10. The number of H-pyrrole nitrogens is 1. The Hall–Kier alpha value is -3.86. The first-order valence-electron chi connectivity index (χ1n) is 8.83. The number of hydrogen-bond acceptors (Lipinski definition) is 8. The summed E-state index contributed by atoms with van der Waals surface area (Å²) in [5.41, 5.74) is 2.60. The van der Waals surface area contributed by atoms with Gasteiger partial charge in [-0.05, 0) is 42.5 Å². The molecule has 4 aromatic rings. The van der Waals surface area contributed by atoms with Crippen LogP contribution in [0.4, 0.5) is 22.9 Å². The van der Waals surface area contributed by atoms with Gasteiger partial charge >= 0.3 is 5.76 Å². The fourth-order valence-electron chi connectivity index (χ4n) is 2.74. The van der Waals surface area contributed by atoms with Crippen LogP contribution in [0.2, 0.25) is 0 Å². The fourth-order valence-corrected chi connectivity index (χ4v) is 3.83. The maximum atomic E-state index is 12.7. The van der Waals surface area contributed by atoms with Crippen molar-refractivity contribution < 1.29 is 12.8 Å². The van der Waals surface area contributed by atoms with E-state index in [0.717, 1.165) is 11.4 Å². The third-order valence-corrected chi connectivity index (χ3v) is 5.65. The number of aromatic amines is 1. The lowest BCUT2D eigenvalue weighted by atomic mass is 10.3. The van der Waals surface area contributed by atoms with Gasteiger partial charge in [0, 0.05) is 31.5 Å².